The van der Waals surface area contributed by atoms with E-state index in [1.54, 1.807) is 13.8 Å². The summed E-state index contributed by atoms with van der Waals surface area (Å²) in [6.07, 6.45) is 0. The molecule has 0 amide bonds. The van der Waals surface area contributed by atoms with Gasteiger partial charge >= 0.3 is 0 Å². The van der Waals surface area contributed by atoms with Gasteiger partial charge in [-0.3, -0.25) is 0 Å². The number of benzene rings is 1. The first-order chi connectivity index (χ1) is 8.77. The number of anilines is 1. The Morgan fingerprint density at radius 3 is 2.58 bits per heavy atom. The van der Waals surface area contributed by atoms with Gasteiger partial charge in [0.2, 0.25) is 10.0 Å². The molecule has 0 aliphatic rings. The van der Waals surface area contributed by atoms with Crippen molar-refractivity contribution in [2.75, 3.05) is 18.9 Å². The highest BCUT2D eigenvalue weighted by molar-refractivity contribution is 7.89. The zero-order valence-electron chi connectivity index (χ0n) is 10.6. The standard InChI is InChI=1S/C11H16F2N2O3S/c1-3-18-6-7(2)15-19(16,17)11-5-10(14)8(12)4-9(11)13/h4-5,7,15H,3,6,14H2,1-2H3. The lowest BCUT2D eigenvalue weighted by Gasteiger charge is -2.14. The van der Waals surface area contributed by atoms with E-state index in [-0.39, 0.29) is 6.61 Å². The van der Waals surface area contributed by atoms with Crippen molar-refractivity contribution in [1.82, 2.24) is 4.72 Å². The van der Waals surface area contributed by atoms with Crippen LogP contribution in [0.25, 0.3) is 0 Å². The van der Waals surface area contributed by atoms with E-state index >= 15 is 0 Å². The van der Waals surface area contributed by atoms with Gasteiger partial charge in [0.1, 0.15) is 16.5 Å². The van der Waals surface area contributed by atoms with Crippen molar-refractivity contribution < 1.29 is 21.9 Å². The number of nitrogens with two attached hydrogens (primary N) is 1. The maximum Gasteiger partial charge on any atom is 0.243 e. The summed E-state index contributed by atoms with van der Waals surface area (Å²) in [7, 11) is -4.11. The first kappa shape index (κ1) is 15.8. The summed E-state index contributed by atoms with van der Waals surface area (Å²) in [5.74, 6) is -2.19. The minimum Gasteiger partial charge on any atom is -0.396 e. The first-order valence-electron chi connectivity index (χ1n) is 5.62. The molecule has 5 nitrogen and oxygen atoms in total. The van der Waals surface area contributed by atoms with Crippen LogP contribution in [-0.2, 0) is 14.8 Å². The maximum absolute atomic E-state index is 13.5. The third-order valence-corrected chi connectivity index (χ3v) is 3.87. The topological polar surface area (TPSA) is 81.4 Å². The Kier molecular flexibility index (Phi) is 5.21. The Balaban J connectivity index is 2.98. The van der Waals surface area contributed by atoms with Gasteiger partial charge in [-0.1, -0.05) is 0 Å². The van der Waals surface area contributed by atoms with Crippen LogP contribution in [0.1, 0.15) is 13.8 Å². The fourth-order valence-electron chi connectivity index (χ4n) is 1.41. The number of ether oxygens (including phenoxy) is 1. The molecule has 19 heavy (non-hydrogen) atoms. The lowest BCUT2D eigenvalue weighted by molar-refractivity contribution is 0.133. The summed E-state index contributed by atoms with van der Waals surface area (Å²) >= 11 is 0. The van der Waals surface area contributed by atoms with E-state index in [0.717, 1.165) is 6.07 Å². The fraction of sp³-hybridized carbons (Fsp3) is 0.455. The van der Waals surface area contributed by atoms with Crippen LogP contribution in [0.5, 0.6) is 0 Å². The van der Waals surface area contributed by atoms with Gasteiger partial charge in [0.05, 0.1) is 12.3 Å². The second-order valence-electron chi connectivity index (χ2n) is 3.99. The number of nitrogen functional groups attached to an aromatic ring is 1. The van der Waals surface area contributed by atoms with E-state index in [1.165, 1.54) is 0 Å². The summed E-state index contributed by atoms with van der Waals surface area (Å²) in [6.45, 7) is 3.91. The molecule has 1 aromatic rings. The highest BCUT2D eigenvalue weighted by Gasteiger charge is 2.23. The van der Waals surface area contributed by atoms with Gasteiger partial charge in [0, 0.05) is 18.7 Å². The van der Waals surface area contributed by atoms with Crippen LogP contribution in [-0.4, -0.2) is 27.7 Å². The van der Waals surface area contributed by atoms with Crippen molar-refractivity contribution in [1.29, 1.82) is 0 Å². The molecule has 0 aliphatic carbocycles. The Hall–Kier alpha value is -1.25. The molecule has 0 aliphatic heterocycles. The van der Waals surface area contributed by atoms with Crippen molar-refractivity contribution >= 4 is 15.7 Å². The molecule has 0 fully saturated rings. The molecule has 0 aromatic heterocycles. The molecule has 1 aromatic carbocycles. The Morgan fingerprint density at radius 2 is 2.00 bits per heavy atom. The van der Waals surface area contributed by atoms with Crippen LogP contribution in [0.4, 0.5) is 14.5 Å². The largest absolute Gasteiger partial charge is 0.396 e. The van der Waals surface area contributed by atoms with Crippen molar-refractivity contribution in [2.24, 2.45) is 0 Å². The molecule has 1 atom stereocenters. The van der Waals surface area contributed by atoms with Gasteiger partial charge in [-0.25, -0.2) is 21.9 Å². The Morgan fingerprint density at radius 1 is 1.37 bits per heavy atom. The summed E-state index contributed by atoms with van der Waals surface area (Å²) in [6, 6.07) is 0.646. The number of hydrogen-bond donors (Lipinski definition) is 2. The predicted octanol–water partition coefficient (Wildman–Crippen LogP) is 1.25. The zero-order valence-corrected chi connectivity index (χ0v) is 11.4. The van der Waals surface area contributed by atoms with Gasteiger partial charge in [0.25, 0.3) is 0 Å². The number of sulfonamides is 1. The molecule has 0 saturated heterocycles. The van der Waals surface area contributed by atoms with Gasteiger partial charge in [-0.2, -0.15) is 0 Å². The molecule has 0 bridgehead atoms. The lowest BCUT2D eigenvalue weighted by Crippen LogP contribution is -2.36. The Bertz CT molecular complexity index is 549. The molecular weight excluding hydrogens is 278 g/mol. The molecule has 0 heterocycles. The van der Waals surface area contributed by atoms with Crippen molar-refractivity contribution in [3.8, 4) is 0 Å². The predicted molar refractivity (Wildman–Crippen MR) is 67.0 cm³/mol. The smallest absolute Gasteiger partial charge is 0.243 e. The molecule has 3 N–H and O–H groups in total. The minimum absolute atomic E-state index is 0.147. The number of halogens is 2. The summed E-state index contributed by atoms with van der Waals surface area (Å²) in [5, 5.41) is 0. The van der Waals surface area contributed by atoms with Crippen LogP contribution in [0.2, 0.25) is 0 Å². The second kappa shape index (κ2) is 6.27. The molecule has 0 spiro atoms. The van der Waals surface area contributed by atoms with E-state index in [2.05, 4.69) is 4.72 Å². The van der Waals surface area contributed by atoms with Crippen molar-refractivity contribution in [2.45, 2.75) is 24.8 Å². The third-order valence-electron chi connectivity index (χ3n) is 2.27. The zero-order chi connectivity index (χ0) is 14.6. The quantitative estimate of drug-likeness (QED) is 0.774. The molecule has 0 radical (unpaired) electrons. The van der Waals surface area contributed by atoms with Gasteiger partial charge in [-0.15, -0.1) is 0 Å². The van der Waals surface area contributed by atoms with Gasteiger partial charge in [0.15, 0.2) is 0 Å². The summed E-state index contributed by atoms with van der Waals surface area (Å²) in [4.78, 5) is -0.685. The fourth-order valence-corrected chi connectivity index (χ4v) is 2.73. The van der Waals surface area contributed by atoms with Crippen molar-refractivity contribution in [3.63, 3.8) is 0 Å². The molecular formula is C11H16F2N2O3S. The molecule has 0 saturated carbocycles. The van der Waals surface area contributed by atoms with Gasteiger partial charge < -0.3 is 10.5 Å². The SMILES string of the molecule is CCOCC(C)NS(=O)(=O)c1cc(N)c(F)cc1F. The van der Waals surface area contributed by atoms with Crippen LogP contribution in [0, 0.1) is 11.6 Å². The number of hydrogen-bond acceptors (Lipinski definition) is 4. The molecule has 108 valence electrons. The third kappa shape index (κ3) is 4.12. The minimum atomic E-state index is -4.11. The maximum atomic E-state index is 13.5. The van der Waals surface area contributed by atoms with E-state index in [4.69, 9.17) is 10.5 Å². The second-order valence-corrected chi connectivity index (χ2v) is 5.67. The Labute approximate surface area is 110 Å². The molecule has 8 heteroatoms. The van der Waals surface area contributed by atoms with Crippen LogP contribution in [0.15, 0.2) is 17.0 Å². The van der Waals surface area contributed by atoms with Crippen LogP contribution >= 0.6 is 0 Å². The van der Waals surface area contributed by atoms with Crippen LogP contribution in [0.3, 0.4) is 0 Å². The van der Waals surface area contributed by atoms with Crippen LogP contribution < -0.4 is 10.5 Å². The monoisotopic (exact) mass is 294 g/mol. The summed E-state index contributed by atoms with van der Waals surface area (Å²) < 4.78 is 57.5. The normalized spacial score (nSPS) is 13.5. The van der Waals surface area contributed by atoms with Gasteiger partial charge in [-0.05, 0) is 19.9 Å². The van der Waals surface area contributed by atoms with E-state index < -0.39 is 38.3 Å². The van der Waals surface area contributed by atoms with Crippen molar-refractivity contribution in [3.05, 3.63) is 23.8 Å². The average molecular weight is 294 g/mol. The number of nitrogens with one attached hydrogen (secondary N) is 1. The molecule has 1 rings (SSSR count). The number of rotatable bonds is 6. The van der Waals surface area contributed by atoms with E-state index in [1.807, 2.05) is 0 Å². The summed E-state index contributed by atoms with van der Waals surface area (Å²) in [5.41, 5.74) is 4.81. The highest BCUT2D eigenvalue weighted by atomic mass is 32.2. The van der Waals surface area contributed by atoms with E-state index in [0.29, 0.717) is 12.7 Å². The van der Waals surface area contributed by atoms with E-state index in [9.17, 15) is 17.2 Å². The average Bonchev–Trinajstić information content (AvgIpc) is 2.30. The lowest BCUT2D eigenvalue weighted by atomic mass is 10.3. The highest BCUT2D eigenvalue weighted by Crippen LogP contribution is 2.21. The first-order valence-corrected chi connectivity index (χ1v) is 7.10. The molecule has 1 unspecified atom stereocenters.